The second-order valence-electron chi connectivity index (χ2n) is 6.39. The number of sulfonamides is 1. The average molecular weight is 401 g/mol. The largest absolute Gasteiger partial charge is 0.453 e. The minimum atomic E-state index is -3.81. The van der Waals surface area contributed by atoms with Crippen molar-refractivity contribution in [1.29, 1.82) is 0 Å². The third-order valence-corrected chi connectivity index (χ3v) is 5.03. The Bertz CT molecular complexity index is 981. The fourth-order valence-electron chi connectivity index (χ4n) is 2.45. The van der Waals surface area contributed by atoms with E-state index in [4.69, 9.17) is 4.74 Å². The number of ether oxygens (including phenoxy) is 1. The zero-order chi connectivity index (χ0) is 20.7. The first-order valence-electron chi connectivity index (χ1n) is 8.72. The molecule has 0 aliphatic rings. The fraction of sp³-hybridized carbons (Fsp3) is 0.238. The van der Waals surface area contributed by atoms with Gasteiger partial charge in [-0.1, -0.05) is 48.0 Å². The lowest BCUT2D eigenvalue weighted by Crippen LogP contribution is -2.33. The zero-order valence-corrected chi connectivity index (χ0v) is 16.8. The summed E-state index contributed by atoms with van der Waals surface area (Å²) < 4.78 is 31.1. The van der Waals surface area contributed by atoms with Gasteiger partial charge in [0.1, 0.15) is 6.54 Å². The number of aryl methyl sites for hydroxylation is 2. The molecule has 148 valence electrons. The molecule has 0 saturated carbocycles. The molecule has 2 rings (SSSR count). The maximum absolute atomic E-state index is 12.5. The highest BCUT2D eigenvalue weighted by Gasteiger charge is 2.21. The summed E-state index contributed by atoms with van der Waals surface area (Å²) in [5.74, 6) is -1.16. The molecule has 0 radical (unpaired) electrons. The SMILES string of the molecule is Cc1ccc(C)c(C(=O)[C@H](C)OC(=O)CNS(=O)(=O)/C=C/c2ccccc2)c1. The van der Waals surface area contributed by atoms with Gasteiger partial charge >= 0.3 is 5.97 Å². The number of nitrogens with one attached hydrogen (secondary N) is 1. The van der Waals surface area contributed by atoms with Gasteiger partial charge in [-0.2, -0.15) is 0 Å². The maximum Gasteiger partial charge on any atom is 0.321 e. The smallest absolute Gasteiger partial charge is 0.321 e. The summed E-state index contributed by atoms with van der Waals surface area (Å²) in [6, 6.07) is 14.3. The molecular formula is C21H23NO5S. The summed E-state index contributed by atoms with van der Waals surface area (Å²) in [4.78, 5) is 24.4. The van der Waals surface area contributed by atoms with E-state index in [1.165, 1.54) is 13.0 Å². The molecule has 0 aliphatic carbocycles. The number of rotatable bonds is 8. The summed E-state index contributed by atoms with van der Waals surface area (Å²) >= 11 is 0. The van der Waals surface area contributed by atoms with E-state index in [9.17, 15) is 18.0 Å². The van der Waals surface area contributed by atoms with E-state index in [1.54, 1.807) is 37.3 Å². The number of carbonyl (C=O) groups is 2. The Hall–Kier alpha value is -2.77. The molecule has 0 saturated heterocycles. The van der Waals surface area contributed by atoms with Gasteiger partial charge in [0.15, 0.2) is 6.10 Å². The van der Waals surface area contributed by atoms with Crippen LogP contribution < -0.4 is 4.72 Å². The minimum Gasteiger partial charge on any atom is -0.453 e. The van der Waals surface area contributed by atoms with Crippen LogP contribution in [0.4, 0.5) is 0 Å². The molecule has 6 nitrogen and oxygen atoms in total. The van der Waals surface area contributed by atoms with Crippen LogP contribution >= 0.6 is 0 Å². The van der Waals surface area contributed by atoms with E-state index in [-0.39, 0.29) is 5.78 Å². The predicted octanol–water partition coefficient (Wildman–Crippen LogP) is 3.01. The third-order valence-electron chi connectivity index (χ3n) is 3.99. The van der Waals surface area contributed by atoms with Crippen molar-refractivity contribution >= 4 is 27.9 Å². The van der Waals surface area contributed by atoms with Crippen LogP contribution in [0.3, 0.4) is 0 Å². The van der Waals surface area contributed by atoms with Crippen molar-refractivity contribution in [3.05, 3.63) is 76.2 Å². The van der Waals surface area contributed by atoms with E-state index in [0.717, 1.165) is 16.5 Å². The van der Waals surface area contributed by atoms with Crippen molar-refractivity contribution in [2.45, 2.75) is 26.9 Å². The molecule has 2 aromatic rings. The Morgan fingerprint density at radius 2 is 1.79 bits per heavy atom. The van der Waals surface area contributed by atoms with Crippen LogP contribution in [0.25, 0.3) is 6.08 Å². The van der Waals surface area contributed by atoms with E-state index in [0.29, 0.717) is 11.1 Å². The molecule has 0 heterocycles. The van der Waals surface area contributed by atoms with Crippen molar-refractivity contribution in [2.24, 2.45) is 0 Å². The predicted molar refractivity (Wildman–Crippen MR) is 108 cm³/mol. The van der Waals surface area contributed by atoms with E-state index < -0.39 is 28.6 Å². The number of hydrogen-bond acceptors (Lipinski definition) is 5. The number of esters is 1. The van der Waals surface area contributed by atoms with Crippen LogP contribution in [0.2, 0.25) is 0 Å². The Labute approximate surface area is 165 Å². The van der Waals surface area contributed by atoms with Gasteiger partial charge in [-0.05, 0) is 44.0 Å². The van der Waals surface area contributed by atoms with Crippen LogP contribution in [0.1, 0.15) is 34.0 Å². The van der Waals surface area contributed by atoms with Crippen LogP contribution in [0, 0.1) is 13.8 Å². The van der Waals surface area contributed by atoms with Crippen molar-refractivity contribution < 1.29 is 22.7 Å². The molecule has 1 N–H and O–H groups in total. The molecule has 0 unspecified atom stereocenters. The molecule has 7 heteroatoms. The van der Waals surface area contributed by atoms with Crippen molar-refractivity contribution in [3.8, 4) is 0 Å². The Morgan fingerprint density at radius 3 is 2.46 bits per heavy atom. The second kappa shape index (κ2) is 9.43. The van der Waals surface area contributed by atoms with Gasteiger partial charge in [0, 0.05) is 11.0 Å². The van der Waals surface area contributed by atoms with Crippen LogP contribution in [-0.2, 0) is 19.6 Å². The number of hydrogen-bond donors (Lipinski definition) is 1. The lowest BCUT2D eigenvalue weighted by Gasteiger charge is -2.14. The van der Waals surface area contributed by atoms with Gasteiger partial charge in [-0.25, -0.2) is 13.1 Å². The lowest BCUT2D eigenvalue weighted by atomic mass is 9.99. The first kappa shape index (κ1) is 21.5. The number of benzene rings is 2. The molecule has 0 aromatic heterocycles. The van der Waals surface area contributed by atoms with Crippen molar-refractivity contribution in [3.63, 3.8) is 0 Å². The topological polar surface area (TPSA) is 89.5 Å². The summed E-state index contributed by atoms with van der Waals surface area (Å²) in [5.41, 5.74) is 2.89. The molecule has 0 aliphatic heterocycles. The Morgan fingerprint density at radius 1 is 1.11 bits per heavy atom. The van der Waals surface area contributed by atoms with Crippen LogP contribution in [0.15, 0.2) is 53.9 Å². The second-order valence-corrected chi connectivity index (χ2v) is 8.05. The van der Waals surface area contributed by atoms with Gasteiger partial charge in [0.2, 0.25) is 15.8 Å². The van der Waals surface area contributed by atoms with E-state index in [1.807, 2.05) is 25.1 Å². The standard InChI is InChI=1S/C21H23NO5S/c1-15-9-10-16(2)19(13-15)21(24)17(3)27-20(23)14-22-28(25,26)12-11-18-7-5-4-6-8-18/h4-13,17,22H,14H2,1-3H3/b12-11+/t17-/m0/s1. The number of carbonyl (C=O) groups excluding carboxylic acids is 2. The quantitative estimate of drug-likeness (QED) is 0.542. The summed E-state index contributed by atoms with van der Waals surface area (Å²) in [5, 5.41) is 0.973. The first-order chi connectivity index (χ1) is 13.2. The third kappa shape index (κ3) is 6.44. The summed E-state index contributed by atoms with van der Waals surface area (Å²) in [6.07, 6.45) is 0.401. The lowest BCUT2D eigenvalue weighted by molar-refractivity contribution is -0.144. The van der Waals surface area contributed by atoms with E-state index in [2.05, 4.69) is 4.72 Å². The molecule has 2 aromatic carbocycles. The van der Waals surface area contributed by atoms with E-state index >= 15 is 0 Å². The molecule has 0 fully saturated rings. The average Bonchev–Trinajstić information content (AvgIpc) is 2.67. The zero-order valence-electron chi connectivity index (χ0n) is 16.0. The number of ketones is 1. The highest BCUT2D eigenvalue weighted by atomic mass is 32.2. The minimum absolute atomic E-state index is 0.332. The van der Waals surface area contributed by atoms with Crippen LogP contribution in [-0.4, -0.2) is 32.8 Å². The fourth-order valence-corrected chi connectivity index (χ4v) is 3.20. The van der Waals surface area contributed by atoms with Gasteiger partial charge in [0.05, 0.1) is 0 Å². The summed E-state index contributed by atoms with van der Waals surface area (Å²) in [6.45, 7) is 4.57. The highest BCUT2D eigenvalue weighted by Crippen LogP contribution is 2.14. The van der Waals surface area contributed by atoms with Crippen molar-refractivity contribution in [1.82, 2.24) is 4.72 Å². The normalized spacial score (nSPS) is 12.7. The van der Waals surface area contributed by atoms with Gasteiger partial charge < -0.3 is 4.74 Å². The van der Waals surface area contributed by atoms with Gasteiger partial charge in [0.25, 0.3) is 0 Å². The van der Waals surface area contributed by atoms with Crippen molar-refractivity contribution in [2.75, 3.05) is 6.54 Å². The number of Topliss-reactive ketones (excluding diaryl/α,β-unsaturated/α-hetero) is 1. The monoisotopic (exact) mass is 401 g/mol. The van der Waals surface area contributed by atoms with Gasteiger partial charge in [-0.3, -0.25) is 9.59 Å². The molecular weight excluding hydrogens is 378 g/mol. The summed E-state index contributed by atoms with van der Waals surface area (Å²) in [7, 11) is -3.81. The molecule has 0 amide bonds. The molecule has 28 heavy (non-hydrogen) atoms. The van der Waals surface area contributed by atoms with Gasteiger partial charge in [-0.15, -0.1) is 0 Å². The first-order valence-corrected chi connectivity index (χ1v) is 10.3. The molecule has 0 spiro atoms. The highest BCUT2D eigenvalue weighted by molar-refractivity contribution is 7.92. The Kier molecular flexibility index (Phi) is 7.25. The molecule has 0 bridgehead atoms. The molecule has 1 atom stereocenters. The van der Waals surface area contributed by atoms with Crippen LogP contribution in [0.5, 0.6) is 0 Å². The maximum atomic E-state index is 12.5. The Balaban J connectivity index is 1.91.